The van der Waals surface area contributed by atoms with E-state index < -0.39 is 5.60 Å². The van der Waals surface area contributed by atoms with Crippen molar-refractivity contribution in [3.8, 4) is 0 Å². The summed E-state index contributed by atoms with van der Waals surface area (Å²) < 4.78 is 3.40. The van der Waals surface area contributed by atoms with Gasteiger partial charge in [-0.2, -0.15) is 0 Å². The van der Waals surface area contributed by atoms with Crippen molar-refractivity contribution in [2.24, 2.45) is 25.9 Å². The van der Waals surface area contributed by atoms with Gasteiger partial charge in [-0.3, -0.25) is 19.0 Å². The predicted octanol–water partition coefficient (Wildman–Crippen LogP) is 2.31. The Balaban J connectivity index is 1.39. The number of aliphatic hydroxyl groups is 1. The lowest BCUT2D eigenvalue weighted by molar-refractivity contribution is -0.0114. The van der Waals surface area contributed by atoms with E-state index in [-0.39, 0.29) is 11.6 Å². The van der Waals surface area contributed by atoms with E-state index in [1.807, 2.05) is 39.2 Å². The lowest BCUT2D eigenvalue weighted by Crippen LogP contribution is -2.36. The molecule has 0 radical (unpaired) electrons. The minimum Gasteiger partial charge on any atom is -0.383 e. The van der Waals surface area contributed by atoms with E-state index >= 15 is 0 Å². The summed E-state index contributed by atoms with van der Waals surface area (Å²) in [4.78, 5) is 19.2. The molecule has 6 nitrogen and oxygen atoms in total. The maximum absolute atomic E-state index is 12.2. The average Bonchev–Trinajstić information content (AvgIpc) is 3.32. The number of likely N-dealkylation sites (tertiary alicyclic amines) is 1. The van der Waals surface area contributed by atoms with Gasteiger partial charge in [-0.25, -0.2) is 4.79 Å². The van der Waals surface area contributed by atoms with Crippen LogP contribution in [-0.4, -0.2) is 37.2 Å². The SMILES string of the molecule is Cc1cccnc1[C@]1(O)CC[C@H]2CN(Cc3ccc4c(c3)n(C)c(=O)n4C)C[C@H]21. The molecule has 152 valence electrons. The van der Waals surface area contributed by atoms with Gasteiger partial charge in [-0.1, -0.05) is 12.1 Å². The molecular weight excluding hydrogens is 364 g/mol. The molecule has 0 spiro atoms. The minimum absolute atomic E-state index is 0.00338. The van der Waals surface area contributed by atoms with Gasteiger partial charge in [-0.05, 0) is 55.0 Å². The highest BCUT2D eigenvalue weighted by atomic mass is 16.3. The Morgan fingerprint density at radius 3 is 2.76 bits per heavy atom. The van der Waals surface area contributed by atoms with Gasteiger partial charge >= 0.3 is 5.69 Å². The number of imidazole rings is 1. The van der Waals surface area contributed by atoms with Gasteiger partial charge in [0.1, 0.15) is 5.60 Å². The molecule has 0 amide bonds. The molecule has 1 saturated carbocycles. The molecule has 2 aliphatic rings. The standard InChI is InChI=1S/C23H28N4O2/c1-15-5-4-10-24-21(15)23(29)9-8-17-13-27(14-18(17)23)12-16-6-7-19-20(11-16)26(3)22(28)25(19)2/h4-7,10-11,17-18,29H,8-9,12-14H2,1-3H3/t17-,18+,23-/m0/s1. The summed E-state index contributed by atoms with van der Waals surface area (Å²) in [6.45, 7) is 4.76. The number of pyridine rings is 1. The molecule has 1 aromatic carbocycles. The van der Waals surface area contributed by atoms with Crippen LogP contribution >= 0.6 is 0 Å². The van der Waals surface area contributed by atoms with Gasteiger partial charge in [0.25, 0.3) is 0 Å². The molecule has 1 N–H and O–H groups in total. The number of aryl methyl sites for hydroxylation is 3. The molecule has 29 heavy (non-hydrogen) atoms. The Morgan fingerprint density at radius 2 is 1.97 bits per heavy atom. The van der Waals surface area contributed by atoms with Gasteiger partial charge in [0.2, 0.25) is 0 Å². The first-order valence-electron chi connectivity index (χ1n) is 10.4. The lowest BCUT2D eigenvalue weighted by atomic mass is 9.83. The monoisotopic (exact) mass is 392 g/mol. The number of nitrogens with zero attached hydrogens (tertiary/aromatic N) is 4. The van der Waals surface area contributed by atoms with Crippen molar-refractivity contribution in [1.82, 2.24) is 19.0 Å². The number of benzene rings is 1. The zero-order valence-corrected chi connectivity index (χ0v) is 17.3. The van der Waals surface area contributed by atoms with Gasteiger partial charge in [0.15, 0.2) is 0 Å². The lowest BCUT2D eigenvalue weighted by Gasteiger charge is -2.31. The van der Waals surface area contributed by atoms with E-state index in [4.69, 9.17) is 0 Å². The van der Waals surface area contributed by atoms with Crippen molar-refractivity contribution in [3.63, 3.8) is 0 Å². The third-order valence-corrected chi connectivity index (χ3v) is 7.19. The Labute approximate surface area is 170 Å². The summed E-state index contributed by atoms with van der Waals surface area (Å²) in [6, 6.07) is 10.3. The smallest absolute Gasteiger partial charge is 0.328 e. The van der Waals surface area contributed by atoms with Crippen LogP contribution < -0.4 is 5.69 Å². The second-order valence-electron chi connectivity index (χ2n) is 8.92. The second-order valence-corrected chi connectivity index (χ2v) is 8.92. The van der Waals surface area contributed by atoms with Crippen molar-refractivity contribution in [1.29, 1.82) is 0 Å². The molecule has 1 saturated heterocycles. The number of hydrogen-bond donors (Lipinski definition) is 1. The predicted molar refractivity (Wildman–Crippen MR) is 113 cm³/mol. The third kappa shape index (κ3) is 2.77. The van der Waals surface area contributed by atoms with Crippen LogP contribution in [0, 0.1) is 18.8 Å². The fourth-order valence-corrected chi connectivity index (χ4v) is 5.66. The number of aromatic nitrogens is 3. The van der Waals surface area contributed by atoms with Crippen LogP contribution in [0.1, 0.15) is 29.7 Å². The van der Waals surface area contributed by atoms with Gasteiger partial charge in [-0.15, -0.1) is 0 Å². The molecule has 3 aromatic rings. The van der Waals surface area contributed by atoms with Gasteiger partial charge < -0.3 is 5.11 Å². The Bertz CT molecular complexity index is 1150. The van der Waals surface area contributed by atoms with E-state index in [9.17, 15) is 9.90 Å². The first-order chi connectivity index (χ1) is 13.9. The summed E-state index contributed by atoms with van der Waals surface area (Å²) in [5.41, 5.74) is 4.24. The molecule has 6 heteroatoms. The summed E-state index contributed by atoms with van der Waals surface area (Å²) in [5, 5.41) is 11.6. The summed E-state index contributed by atoms with van der Waals surface area (Å²) in [6.07, 6.45) is 3.63. The van der Waals surface area contributed by atoms with Gasteiger partial charge in [0.05, 0.1) is 16.7 Å². The van der Waals surface area contributed by atoms with E-state index in [2.05, 4.69) is 22.0 Å². The average molecular weight is 393 g/mol. The minimum atomic E-state index is -0.821. The van der Waals surface area contributed by atoms with E-state index in [0.29, 0.717) is 5.92 Å². The van der Waals surface area contributed by atoms with Crippen LogP contribution in [0.5, 0.6) is 0 Å². The molecule has 3 atom stereocenters. The van der Waals surface area contributed by atoms with Crippen molar-refractivity contribution < 1.29 is 5.11 Å². The molecule has 0 unspecified atom stereocenters. The van der Waals surface area contributed by atoms with E-state index in [0.717, 1.165) is 54.8 Å². The molecule has 5 rings (SSSR count). The Kier molecular flexibility index (Phi) is 4.19. The molecule has 3 heterocycles. The van der Waals surface area contributed by atoms with Crippen LogP contribution in [0.25, 0.3) is 11.0 Å². The van der Waals surface area contributed by atoms with E-state index in [1.165, 1.54) is 5.56 Å². The van der Waals surface area contributed by atoms with Crippen LogP contribution in [0.3, 0.4) is 0 Å². The Morgan fingerprint density at radius 1 is 1.17 bits per heavy atom. The highest BCUT2D eigenvalue weighted by Crippen LogP contribution is 2.50. The largest absolute Gasteiger partial charge is 0.383 e. The Hall–Kier alpha value is -2.44. The number of rotatable bonds is 3. The first kappa shape index (κ1) is 18.6. The van der Waals surface area contributed by atoms with Crippen LogP contribution in [0.15, 0.2) is 41.3 Å². The highest BCUT2D eigenvalue weighted by Gasteiger charge is 2.53. The van der Waals surface area contributed by atoms with Crippen LogP contribution in [-0.2, 0) is 26.2 Å². The third-order valence-electron chi connectivity index (χ3n) is 7.19. The number of fused-ring (bicyclic) bond motifs is 2. The number of hydrogen-bond acceptors (Lipinski definition) is 4. The topological polar surface area (TPSA) is 63.3 Å². The van der Waals surface area contributed by atoms with Crippen molar-refractivity contribution in [3.05, 3.63) is 63.8 Å². The fraction of sp³-hybridized carbons (Fsp3) is 0.478. The molecule has 1 aliphatic heterocycles. The second kappa shape index (κ2) is 6.54. The normalized spacial score (nSPS) is 27.0. The maximum atomic E-state index is 12.2. The summed E-state index contributed by atoms with van der Waals surface area (Å²) in [7, 11) is 3.64. The molecular formula is C23H28N4O2. The van der Waals surface area contributed by atoms with Crippen LogP contribution in [0.2, 0.25) is 0 Å². The highest BCUT2D eigenvalue weighted by molar-refractivity contribution is 5.76. The summed E-state index contributed by atoms with van der Waals surface area (Å²) >= 11 is 0. The molecule has 2 fully saturated rings. The van der Waals surface area contributed by atoms with Crippen molar-refractivity contribution in [2.45, 2.75) is 31.9 Å². The zero-order valence-electron chi connectivity index (χ0n) is 17.3. The summed E-state index contributed by atoms with van der Waals surface area (Å²) in [5.74, 6) is 0.729. The van der Waals surface area contributed by atoms with Crippen molar-refractivity contribution in [2.75, 3.05) is 13.1 Å². The first-order valence-corrected chi connectivity index (χ1v) is 10.4. The quantitative estimate of drug-likeness (QED) is 0.743. The van der Waals surface area contributed by atoms with Crippen LogP contribution in [0.4, 0.5) is 0 Å². The molecule has 1 aliphatic carbocycles. The molecule has 0 bridgehead atoms. The molecule has 2 aromatic heterocycles. The fourth-order valence-electron chi connectivity index (χ4n) is 5.66. The maximum Gasteiger partial charge on any atom is 0.328 e. The van der Waals surface area contributed by atoms with Crippen molar-refractivity contribution >= 4 is 11.0 Å². The zero-order chi connectivity index (χ0) is 20.3. The van der Waals surface area contributed by atoms with Gasteiger partial charge in [0, 0.05) is 45.8 Å². The van der Waals surface area contributed by atoms with E-state index in [1.54, 1.807) is 15.3 Å².